The standard InChI is InChI=1S/C14H30N2O/c1-13(2,3)12(17)11-15-7-9-16(10-8-15)14(4,5)6/h12,17H,7-11H2,1-6H3. The molecule has 0 aliphatic carbocycles. The van der Waals surface area contributed by atoms with Crippen LogP contribution in [-0.2, 0) is 0 Å². The minimum atomic E-state index is -0.233. The molecule has 1 rings (SSSR count). The molecule has 3 nitrogen and oxygen atoms in total. The molecule has 1 atom stereocenters. The molecular weight excluding hydrogens is 212 g/mol. The molecule has 0 aromatic heterocycles. The average molecular weight is 242 g/mol. The van der Waals surface area contributed by atoms with Crippen LogP contribution in [0.3, 0.4) is 0 Å². The van der Waals surface area contributed by atoms with E-state index in [2.05, 4.69) is 51.3 Å². The van der Waals surface area contributed by atoms with E-state index in [4.69, 9.17) is 0 Å². The van der Waals surface area contributed by atoms with Gasteiger partial charge in [0.05, 0.1) is 6.10 Å². The van der Waals surface area contributed by atoms with Crippen LogP contribution in [0.4, 0.5) is 0 Å². The molecule has 0 aromatic rings. The van der Waals surface area contributed by atoms with E-state index in [0.717, 1.165) is 32.7 Å². The van der Waals surface area contributed by atoms with Gasteiger partial charge in [0, 0.05) is 38.3 Å². The quantitative estimate of drug-likeness (QED) is 0.800. The fourth-order valence-corrected chi connectivity index (χ4v) is 2.12. The first-order chi connectivity index (χ1) is 7.60. The van der Waals surface area contributed by atoms with Crippen molar-refractivity contribution in [3.05, 3.63) is 0 Å². The first-order valence-electron chi connectivity index (χ1n) is 6.76. The van der Waals surface area contributed by atoms with Crippen LogP contribution >= 0.6 is 0 Å². The Morgan fingerprint density at radius 2 is 1.41 bits per heavy atom. The number of β-amino-alcohol motifs (C(OH)–C–C–N with tert-alkyl or cyclic N) is 1. The zero-order chi connectivity index (χ0) is 13.3. The van der Waals surface area contributed by atoms with Crippen LogP contribution in [0.5, 0.6) is 0 Å². The molecule has 1 unspecified atom stereocenters. The molecule has 1 fully saturated rings. The van der Waals surface area contributed by atoms with E-state index in [-0.39, 0.29) is 17.1 Å². The molecule has 0 radical (unpaired) electrons. The van der Waals surface area contributed by atoms with E-state index in [1.807, 2.05) is 0 Å². The first-order valence-corrected chi connectivity index (χ1v) is 6.76. The molecule has 0 spiro atoms. The van der Waals surface area contributed by atoms with E-state index < -0.39 is 0 Å². The number of nitrogens with zero attached hydrogens (tertiary/aromatic N) is 2. The van der Waals surface area contributed by atoms with Gasteiger partial charge < -0.3 is 5.11 Å². The summed E-state index contributed by atoms with van der Waals surface area (Å²) in [6, 6.07) is 0. The van der Waals surface area contributed by atoms with Crippen molar-refractivity contribution in [2.75, 3.05) is 32.7 Å². The van der Waals surface area contributed by atoms with Crippen LogP contribution in [-0.4, -0.2) is 59.3 Å². The molecule has 17 heavy (non-hydrogen) atoms. The average Bonchev–Trinajstić information content (AvgIpc) is 2.15. The van der Waals surface area contributed by atoms with Crippen LogP contribution in [0.25, 0.3) is 0 Å². The van der Waals surface area contributed by atoms with Gasteiger partial charge in [-0.05, 0) is 26.2 Å². The van der Waals surface area contributed by atoms with E-state index in [1.54, 1.807) is 0 Å². The number of rotatable bonds is 2. The van der Waals surface area contributed by atoms with Crippen molar-refractivity contribution >= 4 is 0 Å². The maximum Gasteiger partial charge on any atom is 0.0715 e. The summed E-state index contributed by atoms with van der Waals surface area (Å²) >= 11 is 0. The predicted molar refractivity (Wildman–Crippen MR) is 73.2 cm³/mol. The normalized spacial score (nSPS) is 22.8. The van der Waals surface area contributed by atoms with Crippen molar-refractivity contribution in [2.24, 2.45) is 5.41 Å². The van der Waals surface area contributed by atoms with Crippen LogP contribution in [0.2, 0.25) is 0 Å². The molecule has 0 saturated carbocycles. The Morgan fingerprint density at radius 1 is 0.941 bits per heavy atom. The van der Waals surface area contributed by atoms with Gasteiger partial charge in [-0.2, -0.15) is 0 Å². The summed E-state index contributed by atoms with van der Waals surface area (Å²) in [4.78, 5) is 4.91. The van der Waals surface area contributed by atoms with Gasteiger partial charge in [-0.15, -0.1) is 0 Å². The van der Waals surface area contributed by atoms with Gasteiger partial charge in [0.25, 0.3) is 0 Å². The number of aliphatic hydroxyl groups is 1. The highest BCUT2D eigenvalue weighted by Gasteiger charge is 2.29. The van der Waals surface area contributed by atoms with Gasteiger partial charge in [0.1, 0.15) is 0 Å². The SMILES string of the molecule is CC(C)(C)C(O)CN1CCN(C(C)(C)C)CC1. The summed E-state index contributed by atoms with van der Waals surface area (Å²) in [5, 5.41) is 10.1. The Bertz CT molecular complexity index is 232. The van der Waals surface area contributed by atoms with Crippen molar-refractivity contribution in [2.45, 2.75) is 53.2 Å². The molecule has 3 heteroatoms. The highest BCUT2D eigenvalue weighted by molar-refractivity contribution is 4.84. The monoisotopic (exact) mass is 242 g/mol. The molecule has 1 heterocycles. The second-order valence-electron chi connectivity index (χ2n) is 7.34. The second kappa shape index (κ2) is 5.25. The molecular formula is C14H30N2O. The van der Waals surface area contributed by atoms with Crippen LogP contribution < -0.4 is 0 Å². The van der Waals surface area contributed by atoms with Gasteiger partial charge in [-0.3, -0.25) is 9.80 Å². The number of aliphatic hydroxyl groups excluding tert-OH is 1. The topological polar surface area (TPSA) is 26.7 Å². The summed E-state index contributed by atoms with van der Waals surface area (Å²) in [5.74, 6) is 0. The molecule has 1 saturated heterocycles. The van der Waals surface area contributed by atoms with Crippen molar-refractivity contribution < 1.29 is 5.11 Å². The molecule has 1 aliphatic rings. The van der Waals surface area contributed by atoms with E-state index in [9.17, 15) is 5.11 Å². The molecule has 0 aromatic carbocycles. The van der Waals surface area contributed by atoms with Gasteiger partial charge in [-0.1, -0.05) is 20.8 Å². The zero-order valence-corrected chi connectivity index (χ0v) is 12.5. The number of hydrogen-bond acceptors (Lipinski definition) is 3. The third kappa shape index (κ3) is 4.57. The summed E-state index contributed by atoms with van der Waals surface area (Å²) in [5.41, 5.74) is 0.260. The van der Waals surface area contributed by atoms with Crippen molar-refractivity contribution in [1.82, 2.24) is 9.80 Å². The van der Waals surface area contributed by atoms with Crippen molar-refractivity contribution in [3.63, 3.8) is 0 Å². The fourth-order valence-electron chi connectivity index (χ4n) is 2.12. The summed E-state index contributed by atoms with van der Waals surface area (Å²) in [6.07, 6.45) is -0.233. The summed E-state index contributed by atoms with van der Waals surface area (Å²) < 4.78 is 0. The lowest BCUT2D eigenvalue weighted by molar-refractivity contribution is -0.0000275. The Balaban J connectivity index is 2.38. The first kappa shape index (κ1) is 14.9. The maximum absolute atomic E-state index is 10.1. The van der Waals surface area contributed by atoms with Gasteiger partial charge in [0.2, 0.25) is 0 Å². The Hall–Kier alpha value is -0.120. The van der Waals surface area contributed by atoms with E-state index in [0.29, 0.717) is 0 Å². The lowest BCUT2D eigenvalue weighted by atomic mass is 9.89. The van der Waals surface area contributed by atoms with Crippen LogP contribution in [0, 0.1) is 5.41 Å². The number of piperazine rings is 1. The summed E-state index contributed by atoms with van der Waals surface area (Å²) in [6.45, 7) is 18.3. The highest BCUT2D eigenvalue weighted by atomic mass is 16.3. The van der Waals surface area contributed by atoms with Crippen LogP contribution in [0.15, 0.2) is 0 Å². The van der Waals surface area contributed by atoms with Crippen LogP contribution in [0.1, 0.15) is 41.5 Å². The Kier molecular flexibility index (Phi) is 4.61. The number of hydrogen-bond donors (Lipinski definition) is 1. The second-order valence-corrected chi connectivity index (χ2v) is 7.34. The molecule has 1 N–H and O–H groups in total. The largest absolute Gasteiger partial charge is 0.391 e. The molecule has 0 bridgehead atoms. The van der Waals surface area contributed by atoms with Crippen molar-refractivity contribution in [1.29, 1.82) is 0 Å². The lowest BCUT2D eigenvalue weighted by Crippen LogP contribution is -2.55. The highest BCUT2D eigenvalue weighted by Crippen LogP contribution is 2.21. The molecule has 102 valence electrons. The third-order valence-electron chi connectivity index (χ3n) is 3.75. The van der Waals surface area contributed by atoms with E-state index >= 15 is 0 Å². The smallest absolute Gasteiger partial charge is 0.0715 e. The minimum Gasteiger partial charge on any atom is -0.391 e. The summed E-state index contributed by atoms with van der Waals surface area (Å²) in [7, 11) is 0. The lowest BCUT2D eigenvalue weighted by Gasteiger charge is -2.43. The molecule has 1 aliphatic heterocycles. The fraction of sp³-hybridized carbons (Fsp3) is 1.00. The minimum absolute atomic E-state index is 0.0127. The third-order valence-corrected chi connectivity index (χ3v) is 3.75. The van der Waals surface area contributed by atoms with Gasteiger partial charge >= 0.3 is 0 Å². The van der Waals surface area contributed by atoms with Gasteiger partial charge in [-0.25, -0.2) is 0 Å². The van der Waals surface area contributed by atoms with E-state index in [1.165, 1.54) is 0 Å². The maximum atomic E-state index is 10.1. The van der Waals surface area contributed by atoms with Gasteiger partial charge in [0.15, 0.2) is 0 Å². The molecule has 0 amide bonds. The Labute approximate surface area is 107 Å². The Morgan fingerprint density at radius 3 is 1.76 bits per heavy atom. The zero-order valence-electron chi connectivity index (χ0n) is 12.5. The van der Waals surface area contributed by atoms with Crippen molar-refractivity contribution in [3.8, 4) is 0 Å². The predicted octanol–water partition coefficient (Wildman–Crippen LogP) is 1.81.